The molecule has 1 aromatic carbocycles. The molecule has 1 aromatic rings. The van der Waals surface area contributed by atoms with Crippen molar-refractivity contribution in [3.63, 3.8) is 0 Å². The lowest BCUT2D eigenvalue weighted by molar-refractivity contribution is -0.137. The number of likely N-dealkylation sites (tertiary alicyclic amines) is 1. The van der Waals surface area contributed by atoms with Crippen molar-refractivity contribution in [1.82, 2.24) is 4.90 Å². The first-order chi connectivity index (χ1) is 11.8. The normalized spacial score (nSPS) is 16.0. The first-order valence-electron chi connectivity index (χ1n) is 8.48. The van der Waals surface area contributed by atoms with Crippen LogP contribution in [0, 0.1) is 5.92 Å². The molecule has 0 atom stereocenters. The van der Waals surface area contributed by atoms with E-state index in [1.807, 2.05) is 0 Å². The van der Waals surface area contributed by atoms with Crippen molar-refractivity contribution < 1.29 is 22.8 Å². The summed E-state index contributed by atoms with van der Waals surface area (Å²) in [6.07, 6.45) is -0.753. The minimum atomic E-state index is -4.34. The van der Waals surface area contributed by atoms with Crippen LogP contribution in [0.25, 0.3) is 0 Å². The molecule has 7 heteroatoms. The third-order valence-electron chi connectivity index (χ3n) is 4.68. The van der Waals surface area contributed by atoms with Crippen LogP contribution >= 0.6 is 0 Å². The van der Waals surface area contributed by atoms with Crippen LogP contribution in [0.4, 0.5) is 13.2 Å². The van der Waals surface area contributed by atoms with E-state index >= 15 is 0 Å². The van der Waals surface area contributed by atoms with Gasteiger partial charge in [0.15, 0.2) is 0 Å². The van der Waals surface area contributed by atoms with Gasteiger partial charge in [0.25, 0.3) is 0 Å². The topological polar surface area (TPSA) is 63.4 Å². The minimum absolute atomic E-state index is 0.0215. The molecule has 0 bridgehead atoms. The van der Waals surface area contributed by atoms with Crippen molar-refractivity contribution in [2.24, 2.45) is 11.7 Å². The highest BCUT2D eigenvalue weighted by Gasteiger charge is 2.30. The van der Waals surface area contributed by atoms with E-state index < -0.39 is 11.7 Å². The Morgan fingerprint density at radius 1 is 1.08 bits per heavy atom. The molecule has 25 heavy (non-hydrogen) atoms. The van der Waals surface area contributed by atoms with E-state index in [9.17, 15) is 22.8 Å². The number of halogens is 3. The van der Waals surface area contributed by atoms with E-state index in [4.69, 9.17) is 5.73 Å². The monoisotopic (exact) mass is 356 g/mol. The van der Waals surface area contributed by atoms with Gasteiger partial charge in [-0.15, -0.1) is 0 Å². The molecule has 2 amide bonds. The van der Waals surface area contributed by atoms with Gasteiger partial charge < -0.3 is 10.6 Å². The summed E-state index contributed by atoms with van der Waals surface area (Å²) in [6, 6.07) is 4.94. The molecule has 138 valence electrons. The number of rotatable bonds is 6. The van der Waals surface area contributed by atoms with Gasteiger partial charge in [-0.1, -0.05) is 12.1 Å². The zero-order valence-electron chi connectivity index (χ0n) is 14.0. The second-order valence-corrected chi connectivity index (χ2v) is 6.52. The van der Waals surface area contributed by atoms with Crippen LogP contribution in [0.5, 0.6) is 0 Å². The molecule has 1 saturated heterocycles. The fourth-order valence-corrected chi connectivity index (χ4v) is 3.09. The highest BCUT2D eigenvalue weighted by atomic mass is 19.4. The molecule has 1 fully saturated rings. The first-order valence-corrected chi connectivity index (χ1v) is 8.48. The third kappa shape index (κ3) is 6.07. The summed E-state index contributed by atoms with van der Waals surface area (Å²) in [4.78, 5) is 24.8. The molecular weight excluding hydrogens is 333 g/mol. The lowest BCUT2D eigenvalue weighted by Gasteiger charge is -2.32. The number of carbonyl (C=O) groups is 2. The van der Waals surface area contributed by atoms with Gasteiger partial charge in [-0.2, -0.15) is 13.2 Å². The Hall–Kier alpha value is -2.05. The summed E-state index contributed by atoms with van der Waals surface area (Å²) in [6.45, 7) is 1.32. The van der Waals surface area contributed by atoms with Gasteiger partial charge in [0.2, 0.25) is 11.8 Å². The predicted octanol–water partition coefficient (Wildman–Crippen LogP) is 3.14. The lowest BCUT2D eigenvalue weighted by atomic mass is 9.92. The molecule has 2 N–H and O–H groups in total. The Morgan fingerprint density at radius 3 is 2.20 bits per heavy atom. The standard InChI is InChI=1S/C18H23F3N2O2/c19-18(20,21)15-5-1-13(2-6-15)4-8-17(25)23-11-9-14(10-12-23)3-7-16(22)24/h1-2,5-6,14H,3-4,7-12H2,(H2,22,24). The van der Waals surface area contributed by atoms with Gasteiger partial charge in [-0.25, -0.2) is 0 Å². The van der Waals surface area contributed by atoms with Crippen molar-refractivity contribution in [2.45, 2.75) is 44.7 Å². The highest BCUT2D eigenvalue weighted by Crippen LogP contribution is 2.29. The first kappa shape index (κ1) is 19.3. The van der Waals surface area contributed by atoms with E-state index in [0.717, 1.165) is 37.0 Å². The Labute approximate surface area is 145 Å². The summed E-state index contributed by atoms with van der Waals surface area (Å²) in [5.41, 5.74) is 5.19. The average molecular weight is 356 g/mol. The summed E-state index contributed by atoms with van der Waals surface area (Å²) < 4.78 is 37.6. The van der Waals surface area contributed by atoms with Gasteiger partial charge in [-0.3, -0.25) is 9.59 Å². The van der Waals surface area contributed by atoms with Crippen LogP contribution in [-0.2, 0) is 22.2 Å². The third-order valence-corrected chi connectivity index (χ3v) is 4.68. The number of piperidine rings is 1. The summed E-state index contributed by atoms with van der Waals surface area (Å²) in [7, 11) is 0. The van der Waals surface area contributed by atoms with Crippen LogP contribution in [0.1, 0.15) is 43.2 Å². The molecule has 1 aliphatic heterocycles. The average Bonchev–Trinajstić information content (AvgIpc) is 2.58. The lowest BCUT2D eigenvalue weighted by Crippen LogP contribution is -2.38. The second kappa shape index (κ2) is 8.36. The maximum Gasteiger partial charge on any atom is 0.416 e. The molecule has 0 unspecified atom stereocenters. The highest BCUT2D eigenvalue weighted by molar-refractivity contribution is 5.76. The molecule has 0 aliphatic carbocycles. The van der Waals surface area contributed by atoms with Crippen LogP contribution in [0.3, 0.4) is 0 Å². The number of carbonyl (C=O) groups excluding carboxylic acids is 2. The number of primary amides is 1. The number of hydrogen-bond donors (Lipinski definition) is 1. The van der Waals surface area contributed by atoms with Crippen LogP contribution in [0.15, 0.2) is 24.3 Å². The predicted molar refractivity (Wildman–Crippen MR) is 87.5 cm³/mol. The molecule has 0 spiro atoms. The Bertz CT molecular complexity index is 591. The number of amides is 2. The summed E-state index contributed by atoms with van der Waals surface area (Å²) in [5.74, 6) is 0.148. The largest absolute Gasteiger partial charge is 0.416 e. The fraction of sp³-hybridized carbons (Fsp3) is 0.556. The Morgan fingerprint density at radius 2 is 1.68 bits per heavy atom. The number of aryl methyl sites for hydroxylation is 1. The number of nitrogens with zero attached hydrogens (tertiary/aromatic N) is 1. The van der Waals surface area contributed by atoms with Crippen LogP contribution < -0.4 is 5.73 Å². The number of hydrogen-bond acceptors (Lipinski definition) is 2. The molecule has 0 radical (unpaired) electrons. The second-order valence-electron chi connectivity index (χ2n) is 6.52. The number of nitrogens with two attached hydrogens (primary N) is 1. The summed E-state index contributed by atoms with van der Waals surface area (Å²) >= 11 is 0. The van der Waals surface area contributed by atoms with Crippen LogP contribution in [0.2, 0.25) is 0 Å². The number of benzene rings is 1. The van der Waals surface area contributed by atoms with Gasteiger partial charge in [-0.05, 0) is 49.3 Å². The van der Waals surface area contributed by atoms with Crippen molar-refractivity contribution in [1.29, 1.82) is 0 Å². The molecule has 1 aliphatic rings. The Balaban J connectivity index is 1.75. The van der Waals surface area contributed by atoms with Crippen molar-refractivity contribution >= 4 is 11.8 Å². The van der Waals surface area contributed by atoms with Gasteiger partial charge in [0.1, 0.15) is 0 Å². The Kier molecular flexibility index (Phi) is 6.45. The van der Waals surface area contributed by atoms with E-state index in [1.54, 1.807) is 4.90 Å². The molecule has 0 aromatic heterocycles. The molecule has 4 nitrogen and oxygen atoms in total. The zero-order chi connectivity index (χ0) is 18.4. The quantitative estimate of drug-likeness (QED) is 0.851. The van der Waals surface area contributed by atoms with Gasteiger partial charge in [0.05, 0.1) is 5.56 Å². The number of alkyl halides is 3. The minimum Gasteiger partial charge on any atom is -0.370 e. The smallest absolute Gasteiger partial charge is 0.370 e. The fourth-order valence-electron chi connectivity index (χ4n) is 3.09. The van der Waals surface area contributed by atoms with E-state index in [-0.39, 0.29) is 18.2 Å². The summed E-state index contributed by atoms with van der Waals surface area (Å²) in [5, 5.41) is 0. The molecule has 1 heterocycles. The molecule has 0 saturated carbocycles. The van der Waals surface area contributed by atoms with Crippen molar-refractivity contribution in [2.75, 3.05) is 13.1 Å². The SMILES string of the molecule is NC(=O)CCC1CCN(C(=O)CCc2ccc(C(F)(F)F)cc2)CC1. The van der Waals surface area contributed by atoms with E-state index in [1.165, 1.54) is 12.1 Å². The van der Waals surface area contributed by atoms with Gasteiger partial charge in [0, 0.05) is 25.9 Å². The maximum absolute atomic E-state index is 12.5. The zero-order valence-corrected chi connectivity index (χ0v) is 14.0. The molecule has 2 rings (SSSR count). The van der Waals surface area contributed by atoms with Gasteiger partial charge >= 0.3 is 6.18 Å². The van der Waals surface area contributed by atoms with Crippen molar-refractivity contribution in [3.05, 3.63) is 35.4 Å². The maximum atomic E-state index is 12.5. The van der Waals surface area contributed by atoms with E-state index in [0.29, 0.717) is 31.8 Å². The molecular formula is C18H23F3N2O2. The van der Waals surface area contributed by atoms with Crippen LogP contribution in [-0.4, -0.2) is 29.8 Å². The van der Waals surface area contributed by atoms with E-state index in [2.05, 4.69) is 0 Å². The van der Waals surface area contributed by atoms with Crippen molar-refractivity contribution in [3.8, 4) is 0 Å².